The van der Waals surface area contributed by atoms with Crippen molar-refractivity contribution in [3.63, 3.8) is 0 Å². The second kappa shape index (κ2) is 4.26. The lowest BCUT2D eigenvalue weighted by molar-refractivity contribution is 0.427. The molecule has 17 heavy (non-hydrogen) atoms. The van der Waals surface area contributed by atoms with Crippen molar-refractivity contribution >= 4 is 5.69 Å². The molecule has 1 heterocycles. The van der Waals surface area contributed by atoms with Gasteiger partial charge < -0.3 is 10.2 Å². The topological polar surface area (TPSA) is 15.3 Å². The predicted octanol–water partition coefficient (Wildman–Crippen LogP) is 2.63. The van der Waals surface area contributed by atoms with Gasteiger partial charge in [0.2, 0.25) is 0 Å². The minimum absolute atomic E-state index is 0.237. The molecule has 1 aliphatic heterocycles. The molecule has 94 valence electrons. The molecule has 1 N–H and O–H groups in total. The van der Waals surface area contributed by atoms with E-state index in [1.807, 2.05) is 6.92 Å². The SMILES string of the molecule is CN(C)c1cc(C2(C)CCCN2)cc(F)c1F. The third kappa shape index (κ3) is 2.14. The average molecular weight is 240 g/mol. The smallest absolute Gasteiger partial charge is 0.182 e. The maximum absolute atomic E-state index is 13.6. The van der Waals surface area contributed by atoms with E-state index in [0.717, 1.165) is 24.9 Å². The fraction of sp³-hybridized carbons (Fsp3) is 0.538. The number of anilines is 1. The van der Waals surface area contributed by atoms with Gasteiger partial charge in [0.05, 0.1) is 5.69 Å². The predicted molar refractivity (Wildman–Crippen MR) is 65.3 cm³/mol. The van der Waals surface area contributed by atoms with Gasteiger partial charge in [0.1, 0.15) is 0 Å². The van der Waals surface area contributed by atoms with Crippen molar-refractivity contribution < 1.29 is 8.78 Å². The standard InChI is InChI=1S/C13H18F2N2/c1-13(5-4-6-16-13)9-7-10(14)12(15)11(8-9)17(2)3/h7-8,16H,4-6H2,1-3H3. The maximum Gasteiger partial charge on any atom is 0.182 e. The first-order chi connectivity index (χ1) is 7.94. The van der Waals surface area contributed by atoms with E-state index in [1.54, 1.807) is 25.1 Å². The van der Waals surface area contributed by atoms with Gasteiger partial charge in [-0.3, -0.25) is 0 Å². The van der Waals surface area contributed by atoms with E-state index >= 15 is 0 Å². The Balaban J connectivity index is 2.49. The van der Waals surface area contributed by atoms with Crippen LogP contribution >= 0.6 is 0 Å². The largest absolute Gasteiger partial charge is 0.375 e. The van der Waals surface area contributed by atoms with Crippen molar-refractivity contribution in [2.75, 3.05) is 25.5 Å². The van der Waals surface area contributed by atoms with Crippen molar-refractivity contribution in [2.45, 2.75) is 25.3 Å². The number of rotatable bonds is 2. The van der Waals surface area contributed by atoms with Gasteiger partial charge in [0.15, 0.2) is 11.6 Å². The molecule has 1 atom stereocenters. The molecule has 0 bridgehead atoms. The van der Waals surface area contributed by atoms with Gasteiger partial charge in [-0.05, 0) is 44.0 Å². The first-order valence-electron chi connectivity index (χ1n) is 5.86. The number of hydrogen-bond donors (Lipinski definition) is 1. The van der Waals surface area contributed by atoms with Gasteiger partial charge in [0, 0.05) is 19.6 Å². The van der Waals surface area contributed by atoms with Crippen LogP contribution in [0.4, 0.5) is 14.5 Å². The fourth-order valence-electron chi connectivity index (χ4n) is 2.36. The molecule has 0 amide bonds. The van der Waals surface area contributed by atoms with Gasteiger partial charge in [0.25, 0.3) is 0 Å². The maximum atomic E-state index is 13.6. The van der Waals surface area contributed by atoms with E-state index in [4.69, 9.17) is 0 Å². The summed E-state index contributed by atoms with van der Waals surface area (Å²) in [6, 6.07) is 3.04. The molecule has 0 saturated carbocycles. The zero-order valence-corrected chi connectivity index (χ0v) is 10.5. The summed E-state index contributed by atoms with van der Waals surface area (Å²) in [5.41, 5.74) is 0.881. The summed E-state index contributed by atoms with van der Waals surface area (Å²) < 4.78 is 27.2. The molecule has 4 heteroatoms. The summed E-state index contributed by atoms with van der Waals surface area (Å²) in [6.45, 7) is 2.96. The number of halogens is 2. The van der Waals surface area contributed by atoms with Crippen LogP contribution in [0.1, 0.15) is 25.3 Å². The minimum Gasteiger partial charge on any atom is -0.375 e. The van der Waals surface area contributed by atoms with Crippen LogP contribution < -0.4 is 10.2 Å². The van der Waals surface area contributed by atoms with Crippen LogP contribution in [-0.4, -0.2) is 20.6 Å². The van der Waals surface area contributed by atoms with Gasteiger partial charge in [-0.1, -0.05) is 0 Å². The molecule has 1 saturated heterocycles. The Labute approximate surface area is 101 Å². The molecule has 0 radical (unpaired) electrons. The lowest BCUT2D eigenvalue weighted by Crippen LogP contribution is -2.33. The van der Waals surface area contributed by atoms with Crippen LogP contribution in [0.25, 0.3) is 0 Å². The van der Waals surface area contributed by atoms with Gasteiger partial charge >= 0.3 is 0 Å². The molecular formula is C13H18F2N2. The third-order valence-corrected chi connectivity index (χ3v) is 3.50. The number of benzene rings is 1. The minimum atomic E-state index is -0.777. The molecule has 0 spiro atoms. The highest BCUT2D eigenvalue weighted by atomic mass is 19.2. The second-order valence-electron chi connectivity index (χ2n) is 5.05. The summed E-state index contributed by atoms with van der Waals surface area (Å²) in [5.74, 6) is -1.55. The summed E-state index contributed by atoms with van der Waals surface area (Å²) in [6.07, 6.45) is 2.01. The van der Waals surface area contributed by atoms with Crippen LogP contribution in [0, 0.1) is 11.6 Å². The molecule has 1 aromatic rings. The highest BCUT2D eigenvalue weighted by Crippen LogP contribution is 2.34. The van der Waals surface area contributed by atoms with E-state index in [-0.39, 0.29) is 5.54 Å². The van der Waals surface area contributed by atoms with Crippen LogP contribution in [-0.2, 0) is 5.54 Å². The van der Waals surface area contributed by atoms with Crippen LogP contribution in [0.5, 0.6) is 0 Å². The zero-order chi connectivity index (χ0) is 12.6. The van der Waals surface area contributed by atoms with Crippen molar-refractivity contribution in [3.8, 4) is 0 Å². The van der Waals surface area contributed by atoms with Gasteiger partial charge in [-0.25, -0.2) is 8.78 Å². The monoisotopic (exact) mass is 240 g/mol. The summed E-state index contributed by atoms with van der Waals surface area (Å²) in [4.78, 5) is 1.60. The Morgan fingerprint density at radius 3 is 2.53 bits per heavy atom. The first kappa shape index (κ1) is 12.3. The summed E-state index contributed by atoms with van der Waals surface area (Å²) in [5, 5.41) is 3.35. The molecule has 1 aromatic carbocycles. The second-order valence-corrected chi connectivity index (χ2v) is 5.05. The first-order valence-corrected chi connectivity index (χ1v) is 5.86. The number of hydrogen-bond acceptors (Lipinski definition) is 2. The van der Waals surface area contributed by atoms with E-state index in [0.29, 0.717) is 5.69 Å². The zero-order valence-electron chi connectivity index (χ0n) is 10.5. The molecule has 2 rings (SSSR count). The normalized spacial score (nSPS) is 24.1. The lowest BCUT2D eigenvalue weighted by atomic mass is 9.90. The summed E-state index contributed by atoms with van der Waals surface area (Å²) >= 11 is 0. The van der Waals surface area contributed by atoms with Gasteiger partial charge in [-0.15, -0.1) is 0 Å². The average Bonchev–Trinajstić information content (AvgIpc) is 2.69. The lowest BCUT2D eigenvalue weighted by Gasteiger charge is -2.27. The van der Waals surface area contributed by atoms with Crippen LogP contribution in [0.3, 0.4) is 0 Å². The van der Waals surface area contributed by atoms with E-state index in [9.17, 15) is 8.78 Å². The molecule has 0 aliphatic carbocycles. The molecule has 1 unspecified atom stereocenters. The Bertz CT molecular complexity index is 424. The highest BCUT2D eigenvalue weighted by molar-refractivity contribution is 5.51. The fourth-order valence-corrected chi connectivity index (χ4v) is 2.36. The number of nitrogens with one attached hydrogen (secondary N) is 1. The van der Waals surface area contributed by atoms with Crippen molar-refractivity contribution in [1.82, 2.24) is 5.32 Å². The highest BCUT2D eigenvalue weighted by Gasteiger charge is 2.31. The van der Waals surface area contributed by atoms with Crippen LogP contribution in [0.15, 0.2) is 12.1 Å². The van der Waals surface area contributed by atoms with Crippen LogP contribution in [0.2, 0.25) is 0 Å². The van der Waals surface area contributed by atoms with Crippen molar-refractivity contribution in [2.24, 2.45) is 0 Å². The van der Waals surface area contributed by atoms with Gasteiger partial charge in [-0.2, -0.15) is 0 Å². The Kier molecular flexibility index (Phi) is 3.08. The Morgan fingerprint density at radius 1 is 1.29 bits per heavy atom. The molecular weight excluding hydrogens is 222 g/mol. The van der Waals surface area contributed by atoms with E-state index in [2.05, 4.69) is 5.32 Å². The molecule has 2 nitrogen and oxygen atoms in total. The van der Waals surface area contributed by atoms with E-state index in [1.165, 1.54) is 6.07 Å². The molecule has 1 fully saturated rings. The summed E-state index contributed by atoms with van der Waals surface area (Å²) in [7, 11) is 3.43. The van der Waals surface area contributed by atoms with E-state index < -0.39 is 11.6 Å². The Morgan fingerprint density at radius 2 is 2.00 bits per heavy atom. The number of nitrogens with zero attached hydrogens (tertiary/aromatic N) is 1. The van der Waals surface area contributed by atoms with Crippen molar-refractivity contribution in [3.05, 3.63) is 29.3 Å². The van der Waals surface area contributed by atoms with Crippen molar-refractivity contribution in [1.29, 1.82) is 0 Å². The molecule has 1 aliphatic rings. The quantitative estimate of drug-likeness (QED) is 0.855. The Hall–Kier alpha value is -1.16. The molecule has 0 aromatic heterocycles. The third-order valence-electron chi connectivity index (χ3n) is 3.50.